The van der Waals surface area contributed by atoms with Crippen LogP contribution in [0.5, 0.6) is 0 Å². The van der Waals surface area contributed by atoms with Crippen molar-refractivity contribution in [3.05, 3.63) is 11.5 Å². The van der Waals surface area contributed by atoms with Crippen LogP contribution in [0.25, 0.3) is 0 Å². The maximum Gasteiger partial charge on any atom is 0.404 e. The Kier molecular flexibility index (Phi) is 4.35. The Hall–Kier alpha value is -1.04. The van der Waals surface area contributed by atoms with Crippen LogP contribution in [-0.4, -0.2) is 31.9 Å². The van der Waals surface area contributed by atoms with E-state index < -0.39 is 15.9 Å². The predicted octanol–water partition coefficient (Wildman–Crippen LogP) is 1.37. The van der Waals surface area contributed by atoms with Gasteiger partial charge in [0.25, 0.3) is 0 Å². The molecule has 1 aliphatic carbocycles. The van der Waals surface area contributed by atoms with Crippen molar-refractivity contribution < 1.29 is 18.3 Å². The van der Waals surface area contributed by atoms with Gasteiger partial charge in [-0.1, -0.05) is 6.08 Å². The molecule has 1 amide bonds. The fourth-order valence-corrected chi connectivity index (χ4v) is 2.39. The summed E-state index contributed by atoms with van der Waals surface area (Å²) >= 11 is 0. The highest BCUT2D eigenvalue weighted by atomic mass is 32.2. The monoisotopic (exact) mass is 247 g/mol. The lowest BCUT2D eigenvalue weighted by Gasteiger charge is -2.26. The van der Waals surface area contributed by atoms with Gasteiger partial charge in [0.2, 0.25) is 0 Å². The highest BCUT2D eigenvalue weighted by molar-refractivity contribution is 7.93. The SMILES string of the molecule is CS(=O)(=O)C=C[C@H]1CC[C@H](NC(=O)O)CC1. The van der Waals surface area contributed by atoms with Crippen LogP contribution in [0.15, 0.2) is 11.5 Å². The Labute approximate surface area is 95.5 Å². The van der Waals surface area contributed by atoms with Crippen LogP contribution in [0.1, 0.15) is 25.7 Å². The zero-order valence-corrected chi connectivity index (χ0v) is 10.0. The van der Waals surface area contributed by atoms with Crippen molar-refractivity contribution in [1.29, 1.82) is 0 Å². The minimum Gasteiger partial charge on any atom is -0.465 e. The summed E-state index contributed by atoms with van der Waals surface area (Å²) in [5.41, 5.74) is 0. The van der Waals surface area contributed by atoms with E-state index in [1.165, 1.54) is 11.7 Å². The van der Waals surface area contributed by atoms with Crippen molar-refractivity contribution in [2.75, 3.05) is 6.26 Å². The van der Waals surface area contributed by atoms with Crippen LogP contribution < -0.4 is 5.32 Å². The van der Waals surface area contributed by atoms with Gasteiger partial charge < -0.3 is 10.4 Å². The fourth-order valence-electron chi connectivity index (χ4n) is 1.88. The molecule has 6 heteroatoms. The number of sulfone groups is 1. The van der Waals surface area contributed by atoms with Gasteiger partial charge in [-0.2, -0.15) is 0 Å². The van der Waals surface area contributed by atoms with Gasteiger partial charge in [-0.25, -0.2) is 13.2 Å². The molecule has 0 aromatic heterocycles. The normalized spacial score (nSPS) is 26.8. The van der Waals surface area contributed by atoms with Crippen molar-refractivity contribution in [1.82, 2.24) is 5.32 Å². The summed E-state index contributed by atoms with van der Waals surface area (Å²) in [4.78, 5) is 10.4. The molecule has 16 heavy (non-hydrogen) atoms. The second kappa shape index (κ2) is 5.34. The lowest BCUT2D eigenvalue weighted by atomic mass is 9.86. The van der Waals surface area contributed by atoms with Gasteiger partial charge in [-0.3, -0.25) is 0 Å². The van der Waals surface area contributed by atoms with E-state index in [4.69, 9.17) is 5.11 Å². The zero-order valence-electron chi connectivity index (χ0n) is 9.22. The molecule has 1 aliphatic rings. The van der Waals surface area contributed by atoms with Crippen LogP contribution in [0.3, 0.4) is 0 Å². The van der Waals surface area contributed by atoms with Crippen molar-refractivity contribution in [3.8, 4) is 0 Å². The maximum absolute atomic E-state index is 10.9. The molecule has 0 spiro atoms. The molecule has 0 aromatic rings. The first-order valence-corrected chi connectivity index (χ1v) is 7.20. The first-order chi connectivity index (χ1) is 7.37. The Balaban J connectivity index is 2.38. The van der Waals surface area contributed by atoms with Gasteiger partial charge in [0.1, 0.15) is 0 Å². The van der Waals surface area contributed by atoms with Gasteiger partial charge in [0, 0.05) is 17.7 Å². The second-order valence-electron chi connectivity index (χ2n) is 4.22. The molecule has 0 radical (unpaired) electrons. The highest BCUT2D eigenvalue weighted by Crippen LogP contribution is 2.25. The third-order valence-electron chi connectivity index (χ3n) is 2.70. The minimum atomic E-state index is -3.05. The fraction of sp³-hybridized carbons (Fsp3) is 0.700. The molecule has 1 fully saturated rings. The van der Waals surface area contributed by atoms with Crippen LogP contribution in [0.4, 0.5) is 4.79 Å². The van der Waals surface area contributed by atoms with Crippen molar-refractivity contribution in [2.45, 2.75) is 31.7 Å². The molecule has 0 aromatic carbocycles. The Morgan fingerprint density at radius 1 is 1.31 bits per heavy atom. The summed E-state index contributed by atoms with van der Waals surface area (Å²) in [6.07, 6.45) is 5.09. The number of rotatable bonds is 3. The number of amides is 1. The molecule has 0 atom stereocenters. The molecule has 1 saturated carbocycles. The summed E-state index contributed by atoms with van der Waals surface area (Å²) in [6.45, 7) is 0. The van der Waals surface area contributed by atoms with Crippen molar-refractivity contribution in [2.24, 2.45) is 5.92 Å². The summed E-state index contributed by atoms with van der Waals surface area (Å²) in [6, 6.07) is 0.0142. The quantitative estimate of drug-likeness (QED) is 0.789. The number of carbonyl (C=O) groups is 1. The average molecular weight is 247 g/mol. The van der Waals surface area contributed by atoms with Gasteiger partial charge in [-0.05, 0) is 31.6 Å². The molecule has 0 saturated heterocycles. The van der Waals surface area contributed by atoms with Crippen LogP contribution in [-0.2, 0) is 9.84 Å². The second-order valence-corrected chi connectivity index (χ2v) is 6.15. The first kappa shape index (κ1) is 13.0. The Bertz CT molecular complexity index is 366. The number of hydrogen-bond acceptors (Lipinski definition) is 3. The van der Waals surface area contributed by atoms with Gasteiger partial charge in [0.05, 0.1) is 0 Å². The molecule has 5 nitrogen and oxygen atoms in total. The van der Waals surface area contributed by atoms with E-state index in [1.807, 2.05) is 0 Å². The topological polar surface area (TPSA) is 83.5 Å². The third-order valence-corrected chi connectivity index (χ3v) is 3.35. The molecule has 0 unspecified atom stereocenters. The number of hydrogen-bond donors (Lipinski definition) is 2. The lowest BCUT2D eigenvalue weighted by molar-refractivity contribution is 0.184. The van der Waals surface area contributed by atoms with Gasteiger partial charge in [0.15, 0.2) is 9.84 Å². The van der Waals surface area contributed by atoms with E-state index in [-0.39, 0.29) is 12.0 Å². The van der Waals surface area contributed by atoms with Crippen molar-refractivity contribution >= 4 is 15.9 Å². The third kappa shape index (κ3) is 5.16. The standard InChI is InChI=1S/C10H17NO4S/c1-16(14,15)7-6-8-2-4-9(5-3-8)11-10(12)13/h6-9,11H,2-5H2,1H3,(H,12,13)/t8-,9-. The van der Waals surface area contributed by atoms with E-state index >= 15 is 0 Å². The molecule has 2 N–H and O–H groups in total. The van der Waals surface area contributed by atoms with Crippen LogP contribution in [0, 0.1) is 5.92 Å². The smallest absolute Gasteiger partial charge is 0.404 e. The summed E-state index contributed by atoms with van der Waals surface area (Å²) in [5, 5.41) is 12.2. The molecule has 1 rings (SSSR count). The summed E-state index contributed by atoms with van der Waals surface area (Å²) in [5.74, 6) is 0.251. The van der Waals surface area contributed by atoms with Gasteiger partial charge >= 0.3 is 6.09 Å². The van der Waals surface area contributed by atoms with Crippen molar-refractivity contribution in [3.63, 3.8) is 0 Å². The summed E-state index contributed by atoms with van der Waals surface area (Å²) < 4.78 is 21.8. The molecular weight excluding hydrogens is 230 g/mol. The average Bonchev–Trinajstić information content (AvgIpc) is 2.14. The molecule has 0 heterocycles. The van der Waals surface area contributed by atoms with E-state index in [0.717, 1.165) is 25.7 Å². The minimum absolute atomic E-state index is 0.0142. The van der Waals surface area contributed by atoms with E-state index in [1.54, 1.807) is 6.08 Å². The molecular formula is C10H17NO4S. The largest absolute Gasteiger partial charge is 0.465 e. The summed E-state index contributed by atoms with van der Waals surface area (Å²) in [7, 11) is -3.05. The van der Waals surface area contributed by atoms with E-state index in [0.29, 0.717) is 0 Å². The first-order valence-electron chi connectivity index (χ1n) is 5.24. The van der Waals surface area contributed by atoms with Gasteiger partial charge in [-0.15, -0.1) is 0 Å². The number of nitrogens with one attached hydrogen (secondary N) is 1. The number of carboxylic acid groups (broad SMARTS) is 1. The molecule has 92 valence electrons. The maximum atomic E-state index is 10.9. The Morgan fingerprint density at radius 2 is 1.88 bits per heavy atom. The molecule has 0 bridgehead atoms. The highest BCUT2D eigenvalue weighted by Gasteiger charge is 2.20. The van der Waals surface area contributed by atoms with Crippen LogP contribution in [0.2, 0.25) is 0 Å². The van der Waals surface area contributed by atoms with E-state index in [9.17, 15) is 13.2 Å². The van der Waals surface area contributed by atoms with Crippen LogP contribution >= 0.6 is 0 Å². The Morgan fingerprint density at radius 3 is 2.31 bits per heavy atom. The predicted molar refractivity (Wildman–Crippen MR) is 60.9 cm³/mol. The van der Waals surface area contributed by atoms with E-state index in [2.05, 4.69) is 5.32 Å². The lowest BCUT2D eigenvalue weighted by Crippen LogP contribution is -2.36. The number of allylic oxidation sites excluding steroid dienone is 1. The zero-order chi connectivity index (χ0) is 12.2. The molecule has 0 aliphatic heterocycles.